The zero-order valence-electron chi connectivity index (χ0n) is 38.8. The van der Waals surface area contributed by atoms with Gasteiger partial charge >= 0.3 is 17.9 Å². The Morgan fingerprint density at radius 3 is 1.07 bits per heavy atom. The molecule has 0 rings (SSSR count). The quantitative estimate of drug-likeness (QED) is 0.0263. The Kier molecular flexibility index (Phi) is 45.4. The van der Waals surface area contributed by atoms with Crippen molar-refractivity contribution < 1.29 is 28.6 Å². The Hall–Kier alpha value is -2.89. The molecule has 6 heteroatoms. The molecule has 0 aliphatic heterocycles. The van der Waals surface area contributed by atoms with E-state index < -0.39 is 6.10 Å². The molecule has 1 unspecified atom stereocenters. The molecule has 1 atom stereocenters. The minimum Gasteiger partial charge on any atom is -0.462 e. The fourth-order valence-corrected chi connectivity index (χ4v) is 6.85. The topological polar surface area (TPSA) is 78.9 Å². The molecule has 340 valence electrons. The van der Waals surface area contributed by atoms with E-state index in [-0.39, 0.29) is 37.5 Å². The lowest BCUT2D eigenvalue weighted by Crippen LogP contribution is -2.30. The average molecular weight is 825 g/mol. The molecule has 0 fully saturated rings. The largest absolute Gasteiger partial charge is 0.462 e. The summed E-state index contributed by atoms with van der Waals surface area (Å²) in [7, 11) is 0. The first kappa shape index (κ1) is 56.1. The second kappa shape index (κ2) is 47.8. The molecule has 0 aromatic heterocycles. The van der Waals surface area contributed by atoms with Crippen LogP contribution in [0.25, 0.3) is 0 Å². The summed E-state index contributed by atoms with van der Waals surface area (Å²) in [5.74, 6) is -0.946. The second-order valence-corrected chi connectivity index (χ2v) is 16.3. The van der Waals surface area contributed by atoms with Crippen LogP contribution in [-0.4, -0.2) is 37.2 Å². The van der Waals surface area contributed by atoms with Gasteiger partial charge in [-0.1, -0.05) is 204 Å². The highest BCUT2D eigenvalue weighted by molar-refractivity contribution is 5.71. The lowest BCUT2D eigenvalue weighted by Gasteiger charge is -2.18. The monoisotopic (exact) mass is 825 g/mol. The fraction of sp³-hybridized carbons (Fsp3) is 0.755. The first-order valence-corrected chi connectivity index (χ1v) is 24.8. The van der Waals surface area contributed by atoms with Crippen molar-refractivity contribution in [2.24, 2.45) is 0 Å². The van der Waals surface area contributed by atoms with Gasteiger partial charge in [-0.2, -0.15) is 0 Å². The molecule has 6 nitrogen and oxygen atoms in total. The van der Waals surface area contributed by atoms with Crippen LogP contribution in [-0.2, 0) is 28.6 Å². The lowest BCUT2D eigenvalue weighted by atomic mass is 10.0. The molecule has 0 aliphatic rings. The Labute approximate surface area is 364 Å². The molecule has 0 bridgehead atoms. The summed E-state index contributed by atoms with van der Waals surface area (Å²) in [5.41, 5.74) is 0. The van der Waals surface area contributed by atoms with Crippen LogP contribution in [0, 0.1) is 0 Å². The number of esters is 3. The first-order valence-electron chi connectivity index (χ1n) is 24.8. The van der Waals surface area contributed by atoms with Crippen molar-refractivity contribution in [1.29, 1.82) is 0 Å². The van der Waals surface area contributed by atoms with Crippen molar-refractivity contribution in [2.75, 3.05) is 13.2 Å². The summed E-state index contributed by atoms with van der Waals surface area (Å²) in [5, 5.41) is 0. The standard InChI is InChI=1S/C53H92O6/c1-4-7-10-13-16-19-22-25-26-27-28-29-32-34-37-40-43-46-52(55)58-49-50(59-53(56)47-44-41-38-35-31-24-21-18-15-12-9-6-3)48-57-51(54)45-42-39-36-33-30-23-20-17-14-11-8-5-2/h8-9,11-12,17-18,20-21,31,35,50H,4-7,10,13-16,19,22-30,32-34,36-49H2,1-3H3/b11-8-,12-9-,20-17-,21-18-,35-31-. The Balaban J connectivity index is 4.38. The zero-order chi connectivity index (χ0) is 43.0. The summed E-state index contributed by atoms with van der Waals surface area (Å²) < 4.78 is 16.7. The molecular formula is C53H92O6. The number of rotatable bonds is 44. The number of hydrogen-bond acceptors (Lipinski definition) is 6. The van der Waals surface area contributed by atoms with Crippen LogP contribution >= 0.6 is 0 Å². The minimum atomic E-state index is -0.796. The Bertz CT molecular complexity index is 1090. The number of carbonyl (C=O) groups excluding carboxylic acids is 3. The summed E-state index contributed by atoms with van der Waals surface area (Å²) >= 11 is 0. The molecule has 0 amide bonds. The van der Waals surface area contributed by atoms with Gasteiger partial charge in [-0.15, -0.1) is 0 Å². The molecule has 0 aromatic carbocycles. The van der Waals surface area contributed by atoms with Crippen LogP contribution < -0.4 is 0 Å². The predicted molar refractivity (Wildman–Crippen MR) is 251 cm³/mol. The molecule has 0 aromatic rings. The van der Waals surface area contributed by atoms with E-state index in [1.807, 2.05) is 0 Å². The minimum absolute atomic E-state index is 0.0926. The van der Waals surface area contributed by atoms with Crippen LogP contribution in [0.4, 0.5) is 0 Å². The third-order valence-corrected chi connectivity index (χ3v) is 10.5. The van der Waals surface area contributed by atoms with Gasteiger partial charge in [0.1, 0.15) is 13.2 Å². The van der Waals surface area contributed by atoms with Gasteiger partial charge < -0.3 is 14.2 Å². The van der Waals surface area contributed by atoms with Crippen molar-refractivity contribution >= 4 is 17.9 Å². The van der Waals surface area contributed by atoms with E-state index in [2.05, 4.69) is 81.5 Å². The molecule has 0 saturated heterocycles. The predicted octanol–water partition coefficient (Wildman–Crippen LogP) is 16.1. The number of carbonyl (C=O) groups is 3. The Morgan fingerprint density at radius 1 is 0.356 bits per heavy atom. The third-order valence-electron chi connectivity index (χ3n) is 10.5. The fourth-order valence-electron chi connectivity index (χ4n) is 6.85. The van der Waals surface area contributed by atoms with E-state index in [1.54, 1.807) is 0 Å². The Morgan fingerprint density at radius 2 is 0.661 bits per heavy atom. The number of ether oxygens (including phenoxy) is 3. The highest BCUT2D eigenvalue weighted by Crippen LogP contribution is 2.15. The van der Waals surface area contributed by atoms with Gasteiger partial charge in [-0.05, 0) is 77.0 Å². The van der Waals surface area contributed by atoms with E-state index in [0.717, 1.165) is 103 Å². The summed E-state index contributed by atoms with van der Waals surface area (Å²) in [6, 6.07) is 0. The van der Waals surface area contributed by atoms with E-state index >= 15 is 0 Å². The van der Waals surface area contributed by atoms with Gasteiger partial charge in [0.15, 0.2) is 6.10 Å². The van der Waals surface area contributed by atoms with Crippen molar-refractivity contribution in [1.82, 2.24) is 0 Å². The third kappa shape index (κ3) is 46.0. The highest BCUT2D eigenvalue weighted by Gasteiger charge is 2.19. The van der Waals surface area contributed by atoms with Crippen molar-refractivity contribution in [2.45, 2.75) is 245 Å². The van der Waals surface area contributed by atoms with Gasteiger partial charge in [0.2, 0.25) is 0 Å². The number of allylic oxidation sites excluding steroid dienone is 10. The van der Waals surface area contributed by atoms with Crippen molar-refractivity contribution in [3.63, 3.8) is 0 Å². The van der Waals surface area contributed by atoms with Crippen molar-refractivity contribution in [3.8, 4) is 0 Å². The molecule has 0 aliphatic carbocycles. The van der Waals surface area contributed by atoms with Gasteiger partial charge in [-0.3, -0.25) is 14.4 Å². The first-order chi connectivity index (χ1) is 29.0. The number of unbranched alkanes of at least 4 members (excludes halogenated alkanes) is 23. The van der Waals surface area contributed by atoms with Crippen LogP contribution in [0.15, 0.2) is 60.8 Å². The van der Waals surface area contributed by atoms with Crippen LogP contribution in [0.1, 0.15) is 239 Å². The summed E-state index contributed by atoms with van der Waals surface area (Å²) in [6.45, 7) is 6.37. The molecule has 0 radical (unpaired) electrons. The van der Waals surface area contributed by atoms with Gasteiger partial charge in [0.25, 0.3) is 0 Å². The summed E-state index contributed by atoms with van der Waals surface area (Å²) in [6.07, 6.45) is 57.9. The van der Waals surface area contributed by atoms with Crippen LogP contribution in [0.5, 0.6) is 0 Å². The van der Waals surface area contributed by atoms with Crippen molar-refractivity contribution in [3.05, 3.63) is 60.8 Å². The maximum absolute atomic E-state index is 12.7. The highest BCUT2D eigenvalue weighted by atomic mass is 16.6. The van der Waals surface area contributed by atoms with Crippen LogP contribution in [0.2, 0.25) is 0 Å². The molecule has 0 N–H and O–H groups in total. The smallest absolute Gasteiger partial charge is 0.306 e. The molecular weight excluding hydrogens is 733 g/mol. The number of hydrogen-bond donors (Lipinski definition) is 0. The zero-order valence-corrected chi connectivity index (χ0v) is 38.8. The van der Waals surface area contributed by atoms with E-state index in [4.69, 9.17) is 14.2 Å². The molecule has 59 heavy (non-hydrogen) atoms. The maximum Gasteiger partial charge on any atom is 0.306 e. The SMILES string of the molecule is CC/C=C\C/C=C\C/C=C\CCCCC(=O)OC(COC(=O)CCCCCCC/C=C\C/C=C\CC)COC(=O)CCCCCCCCCCCCCCCCCCC. The van der Waals surface area contributed by atoms with E-state index in [0.29, 0.717) is 19.3 Å². The van der Waals surface area contributed by atoms with Crippen LogP contribution in [0.3, 0.4) is 0 Å². The van der Waals surface area contributed by atoms with E-state index in [1.165, 1.54) is 89.9 Å². The lowest BCUT2D eigenvalue weighted by molar-refractivity contribution is -0.167. The average Bonchev–Trinajstić information content (AvgIpc) is 3.23. The van der Waals surface area contributed by atoms with Gasteiger partial charge in [-0.25, -0.2) is 0 Å². The van der Waals surface area contributed by atoms with E-state index in [9.17, 15) is 14.4 Å². The van der Waals surface area contributed by atoms with Gasteiger partial charge in [0, 0.05) is 19.3 Å². The second-order valence-electron chi connectivity index (χ2n) is 16.3. The molecule has 0 saturated carbocycles. The molecule has 0 heterocycles. The normalized spacial score (nSPS) is 12.5. The molecule has 0 spiro atoms. The maximum atomic E-state index is 12.7. The summed E-state index contributed by atoms with van der Waals surface area (Å²) in [4.78, 5) is 37.8. The van der Waals surface area contributed by atoms with Gasteiger partial charge in [0.05, 0.1) is 0 Å².